The van der Waals surface area contributed by atoms with Gasteiger partial charge in [-0.1, -0.05) is 0 Å². The van der Waals surface area contributed by atoms with Crippen molar-refractivity contribution in [1.29, 1.82) is 0 Å². The summed E-state index contributed by atoms with van der Waals surface area (Å²) in [5, 5.41) is 14.8. The minimum atomic E-state index is -0.190. The summed E-state index contributed by atoms with van der Waals surface area (Å²) in [4.78, 5) is 7.77. The number of fused-ring (bicyclic) bond motifs is 1. The van der Waals surface area contributed by atoms with Gasteiger partial charge in [0.25, 0.3) is 5.78 Å². The van der Waals surface area contributed by atoms with Gasteiger partial charge < -0.3 is 5.11 Å². The minimum absolute atomic E-state index is 0.190. The molecule has 2 aromatic heterocycles. The van der Waals surface area contributed by atoms with E-state index < -0.39 is 0 Å². The van der Waals surface area contributed by atoms with E-state index in [0.717, 1.165) is 4.52 Å². The van der Waals surface area contributed by atoms with Gasteiger partial charge in [0.15, 0.2) is 0 Å². The van der Waals surface area contributed by atoms with Crippen molar-refractivity contribution < 1.29 is 5.11 Å². The molecule has 5 heteroatoms. The molecule has 2 aromatic rings. The highest BCUT2D eigenvalue weighted by atomic mass is 16.3. The third-order valence-electron chi connectivity index (χ3n) is 1.35. The number of hydrogen-bond donors (Lipinski definition) is 0. The lowest BCUT2D eigenvalue weighted by Gasteiger charge is -2.06. The predicted octanol–water partition coefficient (Wildman–Crippen LogP) is -0.494. The molecule has 0 aliphatic rings. The third kappa shape index (κ3) is 0.813. The average Bonchev–Trinajstić information content (AvgIpc) is 2.34. The van der Waals surface area contributed by atoms with Crippen LogP contribution in [0, 0.1) is 6.92 Å². The van der Waals surface area contributed by atoms with Gasteiger partial charge in [-0.15, -0.1) is 0 Å². The van der Waals surface area contributed by atoms with Crippen molar-refractivity contribution in [2.45, 2.75) is 6.92 Å². The van der Waals surface area contributed by atoms with Crippen LogP contribution in [0.4, 0.5) is 0 Å². The molecule has 0 fully saturated rings. The van der Waals surface area contributed by atoms with Gasteiger partial charge in [-0.3, -0.25) is 0 Å². The molecule has 5 nitrogen and oxygen atoms in total. The molecule has 56 valence electrons. The maximum absolute atomic E-state index is 11.1. The smallest absolute Gasteiger partial charge is 0.251 e. The first-order valence-electron chi connectivity index (χ1n) is 3.12. The summed E-state index contributed by atoms with van der Waals surface area (Å²) in [7, 11) is 0. The van der Waals surface area contributed by atoms with Crippen LogP contribution in [0.1, 0.15) is 5.69 Å². The summed E-state index contributed by atoms with van der Waals surface area (Å²) >= 11 is 0. The molecule has 0 N–H and O–H groups in total. The lowest BCUT2D eigenvalue weighted by atomic mass is 10.4. The summed E-state index contributed by atoms with van der Waals surface area (Å²) in [6.45, 7) is 1.75. The van der Waals surface area contributed by atoms with E-state index in [4.69, 9.17) is 0 Å². The van der Waals surface area contributed by atoms with Crippen molar-refractivity contribution in [3.05, 3.63) is 18.1 Å². The van der Waals surface area contributed by atoms with E-state index >= 15 is 0 Å². The Hall–Kier alpha value is -1.65. The number of rotatable bonds is 0. The fourth-order valence-corrected chi connectivity index (χ4v) is 0.897. The maximum atomic E-state index is 11.1. The minimum Gasteiger partial charge on any atom is -0.858 e. The Balaban J connectivity index is 2.91. The van der Waals surface area contributed by atoms with E-state index in [1.807, 2.05) is 0 Å². The lowest BCUT2D eigenvalue weighted by Crippen LogP contribution is -2.02. The highest BCUT2D eigenvalue weighted by Crippen LogP contribution is 2.05. The van der Waals surface area contributed by atoms with Crippen LogP contribution < -0.4 is 5.11 Å². The zero-order chi connectivity index (χ0) is 7.84. The van der Waals surface area contributed by atoms with Crippen molar-refractivity contribution in [2.24, 2.45) is 0 Å². The molecule has 0 spiro atoms. The summed E-state index contributed by atoms with van der Waals surface area (Å²) in [6.07, 6.45) is 1.31. The monoisotopic (exact) mass is 149 g/mol. The summed E-state index contributed by atoms with van der Waals surface area (Å²) in [6, 6.07) is 1.42. The van der Waals surface area contributed by atoms with Crippen LogP contribution in [0.2, 0.25) is 0 Å². The first kappa shape index (κ1) is 6.09. The second-order valence-electron chi connectivity index (χ2n) is 2.21. The second-order valence-corrected chi connectivity index (χ2v) is 2.21. The van der Waals surface area contributed by atoms with Crippen LogP contribution in [0.15, 0.2) is 12.4 Å². The molecule has 0 radical (unpaired) electrons. The van der Waals surface area contributed by atoms with E-state index in [0.29, 0.717) is 11.5 Å². The summed E-state index contributed by atoms with van der Waals surface area (Å²) in [5.74, 6) is 0.167. The summed E-state index contributed by atoms with van der Waals surface area (Å²) < 4.78 is 1.16. The predicted molar refractivity (Wildman–Crippen MR) is 35.0 cm³/mol. The number of hydrogen-bond acceptors (Lipinski definition) is 4. The SMILES string of the molecule is Cc1cc([O-])n2ncnc2n1. The van der Waals surface area contributed by atoms with E-state index in [1.54, 1.807) is 6.92 Å². The molecule has 11 heavy (non-hydrogen) atoms. The number of aryl methyl sites for hydroxylation is 1. The Morgan fingerprint density at radius 1 is 1.55 bits per heavy atom. The van der Waals surface area contributed by atoms with Crippen molar-refractivity contribution in [3.8, 4) is 5.88 Å². The molecule has 0 saturated heterocycles. The zero-order valence-corrected chi connectivity index (χ0v) is 5.85. The van der Waals surface area contributed by atoms with Gasteiger partial charge in [-0.25, -0.2) is 9.50 Å². The zero-order valence-electron chi connectivity index (χ0n) is 5.85. The van der Waals surface area contributed by atoms with E-state index in [-0.39, 0.29) is 5.88 Å². The highest BCUT2D eigenvalue weighted by Gasteiger charge is 1.96. The van der Waals surface area contributed by atoms with E-state index in [2.05, 4.69) is 15.1 Å². The summed E-state index contributed by atoms with van der Waals surface area (Å²) in [5.41, 5.74) is 0.663. The van der Waals surface area contributed by atoms with Crippen LogP contribution in [0.5, 0.6) is 5.88 Å². The molecule has 0 unspecified atom stereocenters. The third-order valence-corrected chi connectivity index (χ3v) is 1.35. The fourth-order valence-electron chi connectivity index (χ4n) is 0.897. The molecular formula is C6H5N4O-. The van der Waals surface area contributed by atoms with Crippen LogP contribution in [0.25, 0.3) is 5.78 Å². The van der Waals surface area contributed by atoms with Gasteiger partial charge in [-0.05, 0) is 18.9 Å². The van der Waals surface area contributed by atoms with Crippen LogP contribution in [-0.4, -0.2) is 19.6 Å². The second kappa shape index (κ2) is 1.91. The molecule has 0 bridgehead atoms. The standard InChI is InChI=1S/C6H6N4O/c1-4-2-5(11)10-6(9-4)7-3-8-10/h2-3,11H,1H3/p-1. The van der Waals surface area contributed by atoms with Gasteiger partial charge >= 0.3 is 0 Å². The number of aromatic nitrogens is 4. The molecule has 2 rings (SSSR count). The Bertz CT molecular complexity index is 394. The largest absolute Gasteiger partial charge is 0.858 e. The van der Waals surface area contributed by atoms with Gasteiger partial charge in [0, 0.05) is 5.69 Å². The fraction of sp³-hybridized carbons (Fsp3) is 0.167. The highest BCUT2D eigenvalue weighted by molar-refractivity contribution is 5.31. The average molecular weight is 149 g/mol. The first-order valence-corrected chi connectivity index (χ1v) is 3.12. The van der Waals surface area contributed by atoms with Crippen LogP contribution in [-0.2, 0) is 0 Å². The van der Waals surface area contributed by atoms with Crippen molar-refractivity contribution in [2.75, 3.05) is 0 Å². The van der Waals surface area contributed by atoms with Gasteiger partial charge in [0.05, 0.1) is 0 Å². The molecule has 2 heterocycles. The topological polar surface area (TPSA) is 66.1 Å². The normalized spacial score (nSPS) is 10.6. The van der Waals surface area contributed by atoms with E-state index in [1.165, 1.54) is 12.4 Å². The Labute approximate surface area is 62.3 Å². The molecule has 0 atom stereocenters. The van der Waals surface area contributed by atoms with Gasteiger partial charge in [-0.2, -0.15) is 10.1 Å². The lowest BCUT2D eigenvalue weighted by molar-refractivity contribution is -0.277. The van der Waals surface area contributed by atoms with Gasteiger partial charge in [0.1, 0.15) is 6.33 Å². The maximum Gasteiger partial charge on any atom is 0.251 e. The quantitative estimate of drug-likeness (QED) is 0.506. The molecule has 0 amide bonds. The van der Waals surface area contributed by atoms with Crippen molar-refractivity contribution >= 4 is 5.78 Å². The van der Waals surface area contributed by atoms with Crippen LogP contribution in [0.3, 0.4) is 0 Å². The Morgan fingerprint density at radius 3 is 3.18 bits per heavy atom. The van der Waals surface area contributed by atoms with Gasteiger partial charge in [0.2, 0.25) is 0 Å². The van der Waals surface area contributed by atoms with E-state index in [9.17, 15) is 5.11 Å². The Kier molecular flexibility index (Phi) is 1.06. The first-order chi connectivity index (χ1) is 5.27. The molecule has 0 aromatic carbocycles. The molecular weight excluding hydrogens is 144 g/mol. The van der Waals surface area contributed by atoms with Crippen molar-refractivity contribution in [3.63, 3.8) is 0 Å². The Morgan fingerprint density at radius 2 is 2.36 bits per heavy atom. The van der Waals surface area contributed by atoms with Crippen molar-refractivity contribution in [1.82, 2.24) is 19.6 Å². The molecule has 0 saturated carbocycles. The van der Waals surface area contributed by atoms with Crippen LogP contribution >= 0.6 is 0 Å². The number of nitrogens with zero attached hydrogens (tertiary/aromatic N) is 4. The molecule has 0 aliphatic carbocycles. The molecule has 0 aliphatic heterocycles.